The van der Waals surface area contributed by atoms with Gasteiger partial charge in [0.15, 0.2) is 0 Å². The first-order chi connectivity index (χ1) is 11.7. The Kier molecular flexibility index (Phi) is 7.27. The van der Waals surface area contributed by atoms with Gasteiger partial charge in [-0.2, -0.15) is 0 Å². The standard InChI is InChI=1S/C20H24FNO2/c1-2-3-4-5-8-15-24-17-13-11-16(12-14-17)20(23)22-19-10-7-6-9-18(19)21/h6-7,9-14H,2-5,8,15H2,1H3,(H,22,23). The van der Waals surface area contributed by atoms with Crippen LogP contribution in [0.15, 0.2) is 48.5 Å². The van der Waals surface area contributed by atoms with E-state index in [4.69, 9.17) is 4.74 Å². The number of halogens is 1. The summed E-state index contributed by atoms with van der Waals surface area (Å²) in [4.78, 5) is 12.1. The Hall–Kier alpha value is -2.36. The van der Waals surface area contributed by atoms with E-state index in [1.54, 1.807) is 36.4 Å². The van der Waals surface area contributed by atoms with Gasteiger partial charge in [-0.3, -0.25) is 4.79 Å². The van der Waals surface area contributed by atoms with Gasteiger partial charge >= 0.3 is 0 Å². The minimum absolute atomic E-state index is 0.176. The van der Waals surface area contributed by atoms with Crippen molar-refractivity contribution >= 4 is 11.6 Å². The highest BCUT2D eigenvalue weighted by Crippen LogP contribution is 2.17. The molecule has 0 atom stereocenters. The van der Waals surface area contributed by atoms with Crippen molar-refractivity contribution in [1.29, 1.82) is 0 Å². The van der Waals surface area contributed by atoms with E-state index in [2.05, 4.69) is 12.2 Å². The lowest BCUT2D eigenvalue weighted by molar-refractivity contribution is 0.102. The second-order valence-electron chi connectivity index (χ2n) is 5.72. The van der Waals surface area contributed by atoms with Crippen LogP contribution >= 0.6 is 0 Å². The maximum atomic E-state index is 13.5. The van der Waals surface area contributed by atoms with Crippen LogP contribution in [0.1, 0.15) is 49.4 Å². The van der Waals surface area contributed by atoms with Crippen LogP contribution in [0, 0.1) is 5.82 Å². The maximum absolute atomic E-state index is 13.5. The molecule has 0 aliphatic carbocycles. The molecule has 2 aromatic carbocycles. The van der Waals surface area contributed by atoms with Gasteiger partial charge in [-0.1, -0.05) is 44.7 Å². The maximum Gasteiger partial charge on any atom is 0.255 e. The summed E-state index contributed by atoms with van der Waals surface area (Å²) in [7, 11) is 0. The van der Waals surface area contributed by atoms with Crippen molar-refractivity contribution in [2.45, 2.75) is 39.0 Å². The van der Waals surface area contributed by atoms with Gasteiger partial charge in [0.2, 0.25) is 0 Å². The molecule has 0 saturated heterocycles. The van der Waals surface area contributed by atoms with Crippen molar-refractivity contribution in [2.75, 3.05) is 11.9 Å². The van der Waals surface area contributed by atoms with Crippen LogP contribution < -0.4 is 10.1 Å². The number of ether oxygens (including phenoxy) is 1. The number of nitrogens with one attached hydrogen (secondary N) is 1. The number of para-hydroxylation sites is 1. The van der Waals surface area contributed by atoms with Crippen molar-refractivity contribution < 1.29 is 13.9 Å². The van der Waals surface area contributed by atoms with Gasteiger partial charge in [0, 0.05) is 5.56 Å². The fraction of sp³-hybridized carbons (Fsp3) is 0.350. The lowest BCUT2D eigenvalue weighted by Gasteiger charge is -2.08. The van der Waals surface area contributed by atoms with Crippen molar-refractivity contribution in [3.8, 4) is 5.75 Å². The number of carbonyl (C=O) groups excluding carboxylic acids is 1. The minimum atomic E-state index is -0.450. The highest BCUT2D eigenvalue weighted by atomic mass is 19.1. The number of benzene rings is 2. The molecule has 0 aromatic heterocycles. The number of anilines is 1. The number of hydrogen-bond acceptors (Lipinski definition) is 2. The van der Waals surface area contributed by atoms with Crippen molar-refractivity contribution in [1.82, 2.24) is 0 Å². The molecule has 0 bridgehead atoms. The zero-order valence-corrected chi connectivity index (χ0v) is 14.1. The lowest BCUT2D eigenvalue weighted by Crippen LogP contribution is -2.12. The van der Waals surface area contributed by atoms with Gasteiger partial charge in [0.05, 0.1) is 12.3 Å². The molecule has 0 fully saturated rings. The third-order valence-corrected chi connectivity index (χ3v) is 3.76. The zero-order valence-electron chi connectivity index (χ0n) is 14.1. The summed E-state index contributed by atoms with van der Waals surface area (Å²) in [6, 6.07) is 13.0. The summed E-state index contributed by atoms with van der Waals surface area (Å²) in [6.45, 7) is 2.88. The summed E-state index contributed by atoms with van der Waals surface area (Å²) in [5.74, 6) is -0.0481. The summed E-state index contributed by atoms with van der Waals surface area (Å²) in [6.07, 6.45) is 5.96. The normalized spacial score (nSPS) is 10.4. The third kappa shape index (κ3) is 5.69. The average molecular weight is 329 g/mol. The average Bonchev–Trinajstić information content (AvgIpc) is 2.60. The van der Waals surface area contributed by atoms with Crippen molar-refractivity contribution in [3.63, 3.8) is 0 Å². The van der Waals surface area contributed by atoms with E-state index < -0.39 is 5.82 Å². The highest BCUT2D eigenvalue weighted by molar-refractivity contribution is 6.04. The SMILES string of the molecule is CCCCCCCOc1ccc(C(=O)Nc2ccccc2F)cc1. The second-order valence-corrected chi connectivity index (χ2v) is 5.72. The molecule has 2 rings (SSSR count). The third-order valence-electron chi connectivity index (χ3n) is 3.76. The first-order valence-electron chi connectivity index (χ1n) is 8.49. The molecule has 4 heteroatoms. The molecule has 0 heterocycles. The molecule has 3 nitrogen and oxygen atoms in total. The molecule has 128 valence electrons. The van der Waals surface area contributed by atoms with E-state index in [9.17, 15) is 9.18 Å². The van der Waals surface area contributed by atoms with E-state index in [0.717, 1.165) is 12.2 Å². The molecule has 0 radical (unpaired) electrons. The minimum Gasteiger partial charge on any atom is -0.494 e. The Morgan fingerprint density at radius 2 is 1.71 bits per heavy atom. The monoisotopic (exact) mass is 329 g/mol. The Morgan fingerprint density at radius 3 is 2.42 bits per heavy atom. The van der Waals surface area contributed by atoms with Gasteiger partial charge in [0.1, 0.15) is 11.6 Å². The molecule has 0 aliphatic heterocycles. The lowest BCUT2D eigenvalue weighted by atomic mass is 10.1. The van der Waals surface area contributed by atoms with E-state index in [-0.39, 0.29) is 11.6 Å². The summed E-state index contributed by atoms with van der Waals surface area (Å²) < 4.78 is 19.2. The summed E-state index contributed by atoms with van der Waals surface area (Å²) in [5.41, 5.74) is 0.642. The largest absolute Gasteiger partial charge is 0.494 e. The Bertz CT molecular complexity index is 640. The fourth-order valence-corrected chi connectivity index (χ4v) is 2.36. The van der Waals surface area contributed by atoms with Crippen LogP contribution in [0.3, 0.4) is 0 Å². The Balaban J connectivity index is 1.81. The Labute approximate surface area is 142 Å². The van der Waals surface area contributed by atoms with Crippen LogP contribution in [0.2, 0.25) is 0 Å². The van der Waals surface area contributed by atoms with E-state index in [1.165, 1.54) is 37.8 Å². The number of amides is 1. The van der Waals surface area contributed by atoms with Gasteiger partial charge < -0.3 is 10.1 Å². The van der Waals surface area contributed by atoms with Gasteiger partial charge in [-0.25, -0.2) is 4.39 Å². The van der Waals surface area contributed by atoms with E-state index in [0.29, 0.717) is 12.2 Å². The summed E-state index contributed by atoms with van der Waals surface area (Å²) in [5, 5.41) is 2.56. The topological polar surface area (TPSA) is 38.3 Å². The first-order valence-corrected chi connectivity index (χ1v) is 8.49. The van der Waals surface area contributed by atoms with Crippen LogP contribution in [0.4, 0.5) is 10.1 Å². The van der Waals surface area contributed by atoms with Crippen LogP contribution in [-0.2, 0) is 0 Å². The van der Waals surface area contributed by atoms with Crippen molar-refractivity contribution in [2.24, 2.45) is 0 Å². The smallest absolute Gasteiger partial charge is 0.255 e. The predicted octanol–water partition coefficient (Wildman–Crippen LogP) is 5.43. The quantitative estimate of drug-likeness (QED) is 0.623. The predicted molar refractivity (Wildman–Crippen MR) is 95.0 cm³/mol. The van der Waals surface area contributed by atoms with Crippen LogP contribution in [0.5, 0.6) is 5.75 Å². The summed E-state index contributed by atoms with van der Waals surface area (Å²) >= 11 is 0. The molecular formula is C20H24FNO2. The molecule has 0 unspecified atom stereocenters. The van der Waals surface area contributed by atoms with Gasteiger partial charge in [-0.15, -0.1) is 0 Å². The number of unbranched alkanes of at least 4 members (excludes halogenated alkanes) is 4. The molecular weight excluding hydrogens is 305 g/mol. The Morgan fingerprint density at radius 1 is 1.00 bits per heavy atom. The molecule has 2 aromatic rings. The van der Waals surface area contributed by atoms with E-state index in [1.807, 2.05) is 0 Å². The van der Waals surface area contributed by atoms with Gasteiger partial charge in [-0.05, 0) is 42.8 Å². The highest BCUT2D eigenvalue weighted by Gasteiger charge is 2.08. The number of carbonyl (C=O) groups is 1. The molecule has 0 spiro atoms. The fourth-order valence-electron chi connectivity index (χ4n) is 2.36. The van der Waals surface area contributed by atoms with E-state index >= 15 is 0 Å². The van der Waals surface area contributed by atoms with Crippen molar-refractivity contribution in [3.05, 3.63) is 59.9 Å². The molecule has 0 aliphatic rings. The van der Waals surface area contributed by atoms with Crippen LogP contribution in [-0.4, -0.2) is 12.5 Å². The van der Waals surface area contributed by atoms with Gasteiger partial charge in [0.25, 0.3) is 5.91 Å². The first kappa shape index (κ1) is 18.0. The molecule has 1 N–H and O–H groups in total. The molecule has 1 amide bonds. The number of hydrogen-bond donors (Lipinski definition) is 1. The second kappa shape index (κ2) is 9.71. The molecule has 0 saturated carbocycles. The van der Waals surface area contributed by atoms with Crippen LogP contribution in [0.25, 0.3) is 0 Å². The molecule has 24 heavy (non-hydrogen) atoms. The number of rotatable bonds is 9. The zero-order chi connectivity index (χ0) is 17.2.